The molecule has 3 heterocycles. The normalized spacial score (nSPS) is 19.3. The molecule has 1 saturated carbocycles. The summed E-state index contributed by atoms with van der Waals surface area (Å²) in [6.07, 6.45) is 5.65. The molecule has 1 saturated heterocycles. The van der Waals surface area contributed by atoms with Gasteiger partial charge in [0.2, 0.25) is 0 Å². The Labute approximate surface area is 166 Å². The van der Waals surface area contributed by atoms with E-state index in [-0.39, 0.29) is 5.92 Å². The van der Waals surface area contributed by atoms with Crippen molar-refractivity contribution in [3.05, 3.63) is 52.2 Å². The number of rotatable bonds is 5. The van der Waals surface area contributed by atoms with E-state index in [2.05, 4.69) is 19.9 Å². The van der Waals surface area contributed by atoms with E-state index >= 15 is 0 Å². The molecule has 29 heavy (non-hydrogen) atoms. The van der Waals surface area contributed by atoms with Crippen LogP contribution < -0.4 is 5.56 Å². The molecule has 0 radical (unpaired) electrons. The molecular weight excluding hydrogens is 383 g/mol. The molecule has 0 amide bonds. The van der Waals surface area contributed by atoms with Gasteiger partial charge in [0.25, 0.3) is 5.56 Å². The van der Waals surface area contributed by atoms with Crippen LogP contribution in [0, 0.1) is 5.92 Å². The van der Waals surface area contributed by atoms with Crippen molar-refractivity contribution in [3.63, 3.8) is 0 Å². The largest absolute Gasteiger partial charge is 0.433 e. The monoisotopic (exact) mass is 407 g/mol. The molecule has 1 aliphatic heterocycles. The number of piperidine rings is 1. The first kappa shape index (κ1) is 20.0. The fourth-order valence-corrected chi connectivity index (χ4v) is 3.91. The van der Waals surface area contributed by atoms with Gasteiger partial charge < -0.3 is 0 Å². The average molecular weight is 407 g/mol. The molecule has 0 N–H and O–H groups in total. The van der Waals surface area contributed by atoms with Crippen molar-refractivity contribution in [2.75, 3.05) is 13.1 Å². The number of aromatic nitrogens is 4. The minimum absolute atomic E-state index is 0.250. The summed E-state index contributed by atoms with van der Waals surface area (Å²) in [5.41, 5.74) is -0.702. The zero-order valence-electron chi connectivity index (χ0n) is 16.1. The first-order valence-corrected chi connectivity index (χ1v) is 10.1. The highest BCUT2D eigenvalue weighted by Gasteiger charge is 2.33. The molecule has 2 aromatic rings. The molecule has 0 bridgehead atoms. The van der Waals surface area contributed by atoms with Gasteiger partial charge in [-0.2, -0.15) is 13.2 Å². The van der Waals surface area contributed by atoms with E-state index in [1.807, 2.05) is 12.4 Å². The maximum atomic E-state index is 12.6. The quantitative estimate of drug-likeness (QED) is 0.762. The van der Waals surface area contributed by atoms with Crippen LogP contribution in [0.3, 0.4) is 0 Å². The van der Waals surface area contributed by atoms with Crippen LogP contribution in [0.4, 0.5) is 13.2 Å². The number of likely N-dealkylation sites (tertiary alicyclic amines) is 1. The van der Waals surface area contributed by atoms with E-state index in [9.17, 15) is 18.0 Å². The third-order valence-electron chi connectivity index (χ3n) is 5.93. The van der Waals surface area contributed by atoms with Gasteiger partial charge in [0.1, 0.15) is 5.82 Å². The Morgan fingerprint density at radius 2 is 1.72 bits per heavy atom. The van der Waals surface area contributed by atoms with Crippen molar-refractivity contribution in [1.29, 1.82) is 0 Å². The second-order valence-corrected chi connectivity index (χ2v) is 8.06. The highest BCUT2D eigenvalue weighted by molar-refractivity contribution is 5.09. The van der Waals surface area contributed by atoms with E-state index in [0.717, 1.165) is 50.2 Å². The van der Waals surface area contributed by atoms with Crippen LogP contribution in [0.15, 0.2) is 29.6 Å². The van der Waals surface area contributed by atoms with Crippen molar-refractivity contribution in [1.82, 2.24) is 24.4 Å². The first-order valence-electron chi connectivity index (χ1n) is 10.1. The van der Waals surface area contributed by atoms with Gasteiger partial charge in [-0.1, -0.05) is 6.42 Å². The van der Waals surface area contributed by atoms with Gasteiger partial charge in [0, 0.05) is 43.0 Å². The fourth-order valence-electron chi connectivity index (χ4n) is 3.91. The molecule has 0 aromatic carbocycles. The third-order valence-corrected chi connectivity index (χ3v) is 5.93. The van der Waals surface area contributed by atoms with Crippen molar-refractivity contribution in [2.24, 2.45) is 5.92 Å². The van der Waals surface area contributed by atoms with E-state index in [1.165, 1.54) is 23.8 Å². The van der Waals surface area contributed by atoms with Crippen molar-refractivity contribution in [3.8, 4) is 0 Å². The van der Waals surface area contributed by atoms with Crippen molar-refractivity contribution >= 4 is 0 Å². The van der Waals surface area contributed by atoms with Crippen LogP contribution in [0.25, 0.3) is 0 Å². The van der Waals surface area contributed by atoms with E-state index in [0.29, 0.717) is 18.5 Å². The minimum Gasteiger partial charge on any atom is -0.299 e. The third kappa shape index (κ3) is 4.83. The lowest BCUT2D eigenvalue weighted by molar-refractivity contribution is -0.141. The molecule has 0 atom stereocenters. The molecular formula is C20H24F3N5O. The molecule has 156 valence electrons. The molecule has 2 aliphatic rings. The van der Waals surface area contributed by atoms with E-state index in [4.69, 9.17) is 0 Å². The van der Waals surface area contributed by atoms with E-state index < -0.39 is 17.4 Å². The molecule has 0 spiro atoms. The van der Waals surface area contributed by atoms with Gasteiger partial charge in [0.15, 0.2) is 5.69 Å². The summed E-state index contributed by atoms with van der Waals surface area (Å²) in [6, 6.07) is 0.572. The van der Waals surface area contributed by atoms with Crippen LogP contribution in [0.1, 0.15) is 55.1 Å². The van der Waals surface area contributed by atoms with Gasteiger partial charge in [-0.3, -0.25) is 14.3 Å². The van der Waals surface area contributed by atoms with Crippen LogP contribution in [0.2, 0.25) is 0 Å². The van der Waals surface area contributed by atoms with Gasteiger partial charge in [0.05, 0.1) is 6.33 Å². The van der Waals surface area contributed by atoms with Crippen molar-refractivity contribution in [2.45, 2.75) is 57.3 Å². The van der Waals surface area contributed by atoms with Gasteiger partial charge >= 0.3 is 6.18 Å². The minimum atomic E-state index is -4.59. The summed E-state index contributed by atoms with van der Waals surface area (Å²) in [7, 11) is 0. The Bertz CT molecular complexity index is 884. The second-order valence-electron chi connectivity index (χ2n) is 8.06. The van der Waals surface area contributed by atoms with Gasteiger partial charge in [-0.15, -0.1) is 0 Å². The fraction of sp³-hybridized carbons (Fsp3) is 0.600. The lowest BCUT2D eigenvalue weighted by Crippen LogP contribution is -2.36. The van der Waals surface area contributed by atoms with Crippen LogP contribution >= 0.6 is 0 Å². The number of hydrogen-bond donors (Lipinski definition) is 0. The number of hydrogen-bond acceptors (Lipinski definition) is 5. The summed E-state index contributed by atoms with van der Waals surface area (Å²) < 4.78 is 39.2. The average Bonchev–Trinajstić information content (AvgIpc) is 2.64. The zero-order chi connectivity index (χ0) is 20.4. The Kier molecular flexibility index (Phi) is 5.67. The molecule has 6 nitrogen and oxygen atoms in total. The Hall–Kier alpha value is -2.29. The second kappa shape index (κ2) is 8.22. The lowest BCUT2D eigenvalue weighted by atomic mass is 9.85. The number of halogens is 3. The Balaban J connectivity index is 1.28. The predicted octanol–water partition coefficient (Wildman–Crippen LogP) is 3.23. The summed E-state index contributed by atoms with van der Waals surface area (Å²) in [6.45, 7) is 2.94. The maximum Gasteiger partial charge on any atom is 0.433 e. The highest BCUT2D eigenvalue weighted by atomic mass is 19.4. The van der Waals surface area contributed by atoms with E-state index in [1.54, 1.807) is 0 Å². The zero-order valence-corrected chi connectivity index (χ0v) is 16.1. The standard InChI is InChI=1S/C20H24F3N5O/c21-20(22,23)17-8-18(29)28(13-26-17)12-14-4-6-27(7-5-14)11-15-9-24-19(25-10-15)16-2-1-3-16/h8-10,13-14,16H,1-7,11-12H2. The van der Waals surface area contributed by atoms with Gasteiger partial charge in [-0.05, 0) is 44.7 Å². The summed E-state index contributed by atoms with van der Waals surface area (Å²) in [5, 5.41) is 0. The van der Waals surface area contributed by atoms with Crippen LogP contribution in [0.5, 0.6) is 0 Å². The number of nitrogens with zero attached hydrogens (tertiary/aromatic N) is 5. The summed E-state index contributed by atoms with van der Waals surface area (Å²) in [5.74, 6) is 1.73. The van der Waals surface area contributed by atoms with Crippen LogP contribution in [-0.4, -0.2) is 37.5 Å². The Morgan fingerprint density at radius 3 is 2.28 bits per heavy atom. The van der Waals surface area contributed by atoms with Crippen molar-refractivity contribution < 1.29 is 13.2 Å². The predicted molar refractivity (Wildman–Crippen MR) is 100 cm³/mol. The summed E-state index contributed by atoms with van der Waals surface area (Å²) in [4.78, 5) is 26.7. The molecule has 4 rings (SSSR count). The molecule has 2 aromatic heterocycles. The van der Waals surface area contributed by atoms with Crippen LogP contribution in [-0.2, 0) is 19.3 Å². The molecule has 0 unspecified atom stereocenters. The maximum absolute atomic E-state index is 12.6. The molecule has 1 aliphatic carbocycles. The smallest absolute Gasteiger partial charge is 0.299 e. The molecule has 9 heteroatoms. The SMILES string of the molecule is O=c1cc(C(F)(F)F)ncn1CC1CCN(Cc2cnc(C3CCC3)nc2)CC1. The first-order chi connectivity index (χ1) is 13.9. The Morgan fingerprint density at radius 1 is 1.03 bits per heavy atom. The molecule has 2 fully saturated rings. The summed E-state index contributed by atoms with van der Waals surface area (Å²) >= 11 is 0. The topological polar surface area (TPSA) is 63.9 Å². The number of alkyl halides is 3. The highest BCUT2D eigenvalue weighted by Crippen LogP contribution is 2.34. The van der Waals surface area contributed by atoms with Gasteiger partial charge in [-0.25, -0.2) is 15.0 Å². The lowest BCUT2D eigenvalue weighted by Gasteiger charge is -2.32.